The Bertz CT molecular complexity index is 269. The van der Waals surface area contributed by atoms with Crippen molar-refractivity contribution in [3.05, 3.63) is 11.6 Å². The van der Waals surface area contributed by atoms with Gasteiger partial charge in [-0.25, -0.2) is 0 Å². The zero-order valence-corrected chi connectivity index (χ0v) is 10.7. The first kappa shape index (κ1) is 12.0. The molecule has 0 saturated carbocycles. The monoisotopic (exact) mass is 239 g/mol. The number of nitrogens with one attached hydrogen (secondary N) is 1. The smallest absolute Gasteiger partial charge is 0.223 e. The lowest BCUT2D eigenvalue weighted by Crippen LogP contribution is -2.31. The molecule has 2 nitrogen and oxygen atoms in total. The molecular weight excluding hydrogens is 218 g/mol. The van der Waals surface area contributed by atoms with Crippen molar-refractivity contribution in [1.29, 1.82) is 0 Å². The summed E-state index contributed by atoms with van der Waals surface area (Å²) < 4.78 is 0. The molecule has 0 bridgehead atoms. The molecule has 1 saturated heterocycles. The summed E-state index contributed by atoms with van der Waals surface area (Å²) in [4.78, 5) is 11.7. The third kappa shape index (κ3) is 3.55. The van der Waals surface area contributed by atoms with Crippen molar-refractivity contribution in [3.8, 4) is 0 Å². The molecule has 1 fully saturated rings. The van der Waals surface area contributed by atoms with E-state index in [-0.39, 0.29) is 11.8 Å². The third-order valence-electron chi connectivity index (χ3n) is 3.43. The van der Waals surface area contributed by atoms with Crippen molar-refractivity contribution in [2.24, 2.45) is 5.92 Å². The van der Waals surface area contributed by atoms with E-state index in [2.05, 4.69) is 11.4 Å². The number of carbonyl (C=O) groups is 1. The minimum atomic E-state index is 0.279. The average molecular weight is 239 g/mol. The Kier molecular flexibility index (Phi) is 4.76. The van der Waals surface area contributed by atoms with Gasteiger partial charge in [0.1, 0.15) is 0 Å². The highest BCUT2D eigenvalue weighted by atomic mass is 32.2. The second-order valence-electron chi connectivity index (χ2n) is 4.71. The van der Waals surface area contributed by atoms with Crippen molar-refractivity contribution in [2.75, 3.05) is 18.1 Å². The molecule has 0 radical (unpaired) electrons. The van der Waals surface area contributed by atoms with Crippen LogP contribution >= 0.6 is 11.8 Å². The van der Waals surface area contributed by atoms with E-state index >= 15 is 0 Å². The van der Waals surface area contributed by atoms with Gasteiger partial charge in [-0.15, -0.1) is 0 Å². The SMILES string of the molecule is O=C(NCCC1=CCCCC1)C1CCSC1. The Morgan fingerprint density at radius 1 is 1.50 bits per heavy atom. The summed E-state index contributed by atoms with van der Waals surface area (Å²) in [6.45, 7) is 0.839. The predicted octanol–water partition coefficient (Wildman–Crippen LogP) is 2.75. The maximum Gasteiger partial charge on any atom is 0.223 e. The van der Waals surface area contributed by atoms with Crippen LogP contribution in [0.4, 0.5) is 0 Å². The lowest BCUT2D eigenvalue weighted by Gasteiger charge is -2.14. The quantitative estimate of drug-likeness (QED) is 0.764. The molecule has 1 heterocycles. The first-order chi connectivity index (χ1) is 7.86. The van der Waals surface area contributed by atoms with E-state index < -0.39 is 0 Å². The molecule has 0 aromatic carbocycles. The molecule has 0 spiro atoms. The van der Waals surface area contributed by atoms with Gasteiger partial charge in [0, 0.05) is 18.2 Å². The van der Waals surface area contributed by atoms with Gasteiger partial charge < -0.3 is 5.32 Å². The van der Waals surface area contributed by atoms with Crippen LogP contribution in [0.5, 0.6) is 0 Å². The fourth-order valence-electron chi connectivity index (χ4n) is 2.36. The highest BCUT2D eigenvalue weighted by Gasteiger charge is 2.22. The summed E-state index contributed by atoms with van der Waals surface area (Å²) in [5.74, 6) is 2.74. The molecule has 2 aliphatic rings. The first-order valence-electron chi connectivity index (χ1n) is 6.39. The Balaban J connectivity index is 1.63. The summed E-state index contributed by atoms with van der Waals surface area (Å²) in [6, 6.07) is 0. The van der Waals surface area contributed by atoms with Crippen LogP contribution in [-0.4, -0.2) is 24.0 Å². The van der Waals surface area contributed by atoms with E-state index in [1.807, 2.05) is 11.8 Å². The molecule has 90 valence electrons. The standard InChI is InChI=1S/C13H21NOS/c15-13(12-7-9-16-10-12)14-8-6-11-4-2-1-3-5-11/h4,12H,1-3,5-10H2,(H,14,15). The second kappa shape index (κ2) is 6.33. The number of allylic oxidation sites excluding steroid dienone is 1. The summed E-state index contributed by atoms with van der Waals surface area (Å²) in [6.07, 6.45) is 9.65. The molecule has 0 aromatic rings. The van der Waals surface area contributed by atoms with Crippen LogP contribution in [0.1, 0.15) is 38.5 Å². The molecule has 1 unspecified atom stereocenters. The number of thioether (sulfide) groups is 1. The summed E-state index contributed by atoms with van der Waals surface area (Å²) >= 11 is 1.90. The number of amides is 1. The number of carbonyl (C=O) groups excluding carboxylic acids is 1. The van der Waals surface area contributed by atoms with Gasteiger partial charge in [0.15, 0.2) is 0 Å². The summed E-state index contributed by atoms with van der Waals surface area (Å²) in [7, 11) is 0. The molecule has 1 aliphatic heterocycles. The maximum absolute atomic E-state index is 11.7. The van der Waals surface area contributed by atoms with E-state index in [1.54, 1.807) is 5.57 Å². The Hall–Kier alpha value is -0.440. The van der Waals surface area contributed by atoms with E-state index in [4.69, 9.17) is 0 Å². The van der Waals surface area contributed by atoms with Crippen LogP contribution in [0.2, 0.25) is 0 Å². The van der Waals surface area contributed by atoms with Crippen molar-refractivity contribution in [3.63, 3.8) is 0 Å². The molecule has 2 rings (SSSR count). The van der Waals surface area contributed by atoms with Crippen molar-refractivity contribution in [2.45, 2.75) is 38.5 Å². The average Bonchev–Trinajstić information content (AvgIpc) is 2.84. The number of hydrogen-bond acceptors (Lipinski definition) is 2. The molecule has 1 N–H and O–H groups in total. The molecular formula is C13H21NOS. The Labute approximate surface area is 102 Å². The van der Waals surface area contributed by atoms with Crippen LogP contribution < -0.4 is 5.32 Å². The van der Waals surface area contributed by atoms with Gasteiger partial charge in [-0.1, -0.05) is 11.6 Å². The highest BCUT2D eigenvalue weighted by Crippen LogP contribution is 2.23. The zero-order chi connectivity index (χ0) is 11.2. The van der Waals surface area contributed by atoms with Gasteiger partial charge in [0.05, 0.1) is 0 Å². The molecule has 1 amide bonds. The van der Waals surface area contributed by atoms with Gasteiger partial charge in [0.2, 0.25) is 5.91 Å². The van der Waals surface area contributed by atoms with Gasteiger partial charge in [0.25, 0.3) is 0 Å². The third-order valence-corrected chi connectivity index (χ3v) is 4.59. The minimum absolute atomic E-state index is 0.279. The van der Waals surface area contributed by atoms with E-state index in [0.29, 0.717) is 0 Å². The van der Waals surface area contributed by atoms with E-state index in [1.165, 1.54) is 25.7 Å². The predicted molar refractivity (Wildman–Crippen MR) is 69.6 cm³/mol. The van der Waals surface area contributed by atoms with Crippen LogP contribution in [0.3, 0.4) is 0 Å². The van der Waals surface area contributed by atoms with Crippen LogP contribution in [0.15, 0.2) is 11.6 Å². The lowest BCUT2D eigenvalue weighted by atomic mass is 9.97. The maximum atomic E-state index is 11.7. The van der Waals surface area contributed by atoms with E-state index in [9.17, 15) is 4.79 Å². The highest BCUT2D eigenvalue weighted by molar-refractivity contribution is 7.99. The van der Waals surface area contributed by atoms with E-state index in [0.717, 1.165) is 30.9 Å². The minimum Gasteiger partial charge on any atom is -0.356 e. The van der Waals surface area contributed by atoms with Crippen molar-refractivity contribution < 1.29 is 4.79 Å². The normalized spacial score (nSPS) is 25.2. The molecule has 16 heavy (non-hydrogen) atoms. The van der Waals surface area contributed by atoms with Gasteiger partial charge >= 0.3 is 0 Å². The molecule has 1 aliphatic carbocycles. The Morgan fingerprint density at radius 2 is 2.44 bits per heavy atom. The largest absolute Gasteiger partial charge is 0.356 e. The van der Waals surface area contributed by atoms with Crippen molar-refractivity contribution in [1.82, 2.24) is 5.32 Å². The van der Waals surface area contributed by atoms with Crippen LogP contribution in [0, 0.1) is 5.92 Å². The van der Waals surface area contributed by atoms with Crippen molar-refractivity contribution >= 4 is 17.7 Å². The van der Waals surface area contributed by atoms with Gasteiger partial charge in [-0.2, -0.15) is 11.8 Å². The topological polar surface area (TPSA) is 29.1 Å². The molecule has 1 atom stereocenters. The second-order valence-corrected chi connectivity index (χ2v) is 5.86. The zero-order valence-electron chi connectivity index (χ0n) is 9.84. The van der Waals surface area contributed by atoms with Gasteiger partial charge in [-0.05, 0) is 44.3 Å². The first-order valence-corrected chi connectivity index (χ1v) is 7.55. The molecule has 3 heteroatoms. The van der Waals surface area contributed by atoms with Gasteiger partial charge in [-0.3, -0.25) is 4.79 Å². The Morgan fingerprint density at radius 3 is 3.12 bits per heavy atom. The fraction of sp³-hybridized carbons (Fsp3) is 0.769. The number of hydrogen-bond donors (Lipinski definition) is 1. The van der Waals surface area contributed by atoms with Crippen LogP contribution in [-0.2, 0) is 4.79 Å². The molecule has 0 aromatic heterocycles. The van der Waals surface area contributed by atoms with Crippen LogP contribution in [0.25, 0.3) is 0 Å². The summed E-state index contributed by atoms with van der Waals surface area (Å²) in [5, 5.41) is 3.08. The fourth-order valence-corrected chi connectivity index (χ4v) is 3.58. The lowest BCUT2D eigenvalue weighted by molar-refractivity contribution is -0.124. The number of rotatable bonds is 4. The summed E-state index contributed by atoms with van der Waals surface area (Å²) in [5.41, 5.74) is 1.55.